The van der Waals surface area contributed by atoms with Crippen LogP contribution in [-0.4, -0.2) is 25.7 Å². The molecule has 13 heavy (non-hydrogen) atoms. The van der Waals surface area contributed by atoms with Gasteiger partial charge in [-0.25, -0.2) is 0 Å². The Kier molecular flexibility index (Phi) is 2.89. The molecule has 0 amide bonds. The molecule has 0 aromatic rings. The van der Waals surface area contributed by atoms with Gasteiger partial charge < -0.3 is 10.6 Å². The molecule has 0 aromatic carbocycles. The van der Waals surface area contributed by atoms with E-state index in [4.69, 9.17) is 0 Å². The summed E-state index contributed by atoms with van der Waals surface area (Å²) in [6, 6.07) is 0.790. The Morgan fingerprint density at radius 3 is 2.62 bits per heavy atom. The van der Waals surface area contributed by atoms with Crippen LogP contribution in [0.4, 0.5) is 0 Å². The molecule has 0 saturated carbocycles. The zero-order chi connectivity index (χ0) is 9.26. The molecule has 76 valence electrons. The van der Waals surface area contributed by atoms with E-state index in [1.54, 1.807) is 0 Å². The summed E-state index contributed by atoms with van der Waals surface area (Å²) in [5.74, 6) is 2.67. The van der Waals surface area contributed by atoms with Crippen molar-refractivity contribution in [1.29, 1.82) is 0 Å². The second-order valence-corrected chi connectivity index (χ2v) is 4.99. The fourth-order valence-corrected chi connectivity index (χ4v) is 2.83. The summed E-state index contributed by atoms with van der Waals surface area (Å²) in [7, 11) is 0. The molecule has 2 saturated heterocycles. The molecule has 2 aliphatic rings. The third-order valence-electron chi connectivity index (χ3n) is 3.79. The van der Waals surface area contributed by atoms with Gasteiger partial charge in [-0.05, 0) is 50.2 Å². The molecule has 0 aromatic heterocycles. The topological polar surface area (TPSA) is 24.1 Å². The molecular weight excluding hydrogens is 160 g/mol. The van der Waals surface area contributed by atoms with Crippen molar-refractivity contribution in [3.8, 4) is 0 Å². The minimum Gasteiger partial charge on any atom is -0.316 e. The predicted molar refractivity (Wildman–Crippen MR) is 55.7 cm³/mol. The molecule has 0 radical (unpaired) electrons. The van der Waals surface area contributed by atoms with Gasteiger partial charge in [-0.3, -0.25) is 0 Å². The summed E-state index contributed by atoms with van der Waals surface area (Å²) in [6.45, 7) is 8.45. The molecule has 2 nitrogen and oxygen atoms in total. The number of hydrogen-bond acceptors (Lipinski definition) is 2. The van der Waals surface area contributed by atoms with Crippen LogP contribution in [0.15, 0.2) is 0 Å². The van der Waals surface area contributed by atoms with E-state index in [0.29, 0.717) is 0 Å². The molecule has 2 rings (SSSR count). The number of hydrogen-bond donors (Lipinski definition) is 2. The van der Waals surface area contributed by atoms with Crippen molar-refractivity contribution in [2.24, 2.45) is 17.8 Å². The van der Waals surface area contributed by atoms with Gasteiger partial charge in [-0.15, -0.1) is 0 Å². The largest absolute Gasteiger partial charge is 0.316 e. The smallest absolute Gasteiger partial charge is 0.0113 e. The van der Waals surface area contributed by atoms with Crippen LogP contribution in [-0.2, 0) is 0 Å². The lowest BCUT2D eigenvalue weighted by Crippen LogP contribution is -2.45. The van der Waals surface area contributed by atoms with Crippen LogP contribution >= 0.6 is 0 Å². The fraction of sp³-hybridized carbons (Fsp3) is 1.00. The maximum absolute atomic E-state index is 3.67. The van der Waals surface area contributed by atoms with Crippen molar-refractivity contribution < 1.29 is 0 Å². The van der Waals surface area contributed by atoms with Crippen LogP contribution in [0.25, 0.3) is 0 Å². The Labute approximate surface area is 81.5 Å². The van der Waals surface area contributed by atoms with Crippen molar-refractivity contribution in [1.82, 2.24) is 10.6 Å². The zero-order valence-corrected chi connectivity index (χ0v) is 8.84. The van der Waals surface area contributed by atoms with Gasteiger partial charge in [0.2, 0.25) is 0 Å². The van der Waals surface area contributed by atoms with Crippen LogP contribution in [0, 0.1) is 17.8 Å². The molecule has 0 spiro atoms. The van der Waals surface area contributed by atoms with Gasteiger partial charge in [0.05, 0.1) is 0 Å². The molecule has 0 bridgehead atoms. The zero-order valence-electron chi connectivity index (χ0n) is 8.84. The highest BCUT2D eigenvalue weighted by Gasteiger charge is 2.32. The molecule has 2 N–H and O–H groups in total. The highest BCUT2D eigenvalue weighted by Crippen LogP contribution is 2.28. The van der Waals surface area contributed by atoms with Crippen LogP contribution in [0.2, 0.25) is 0 Å². The summed E-state index contributed by atoms with van der Waals surface area (Å²) >= 11 is 0. The monoisotopic (exact) mass is 182 g/mol. The van der Waals surface area contributed by atoms with Crippen LogP contribution < -0.4 is 10.6 Å². The average molecular weight is 182 g/mol. The summed E-state index contributed by atoms with van der Waals surface area (Å²) < 4.78 is 0. The average Bonchev–Trinajstić information content (AvgIpc) is 2.53. The summed E-state index contributed by atoms with van der Waals surface area (Å²) in [4.78, 5) is 0. The number of nitrogens with one attached hydrogen (secondary N) is 2. The second kappa shape index (κ2) is 3.97. The van der Waals surface area contributed by atoms with Crippen molar-refractivity contribution in [2.75, 3.05) is 19.6 Å². The van der Waals surface area contributed by atoms with E-state index in [-0.39, 0.29) is 0 Å². The highest BCUT2D eigenvalue weighted by atomic mass is 15.0. The lowest BCUT2D eigenvalue weighted by molar-refractivity contribution is 0.220. The summed E-state index contributed by atoms with van der Waals surface area (Å²) in [5.41, 5.74) is 0. The first-order chi connectivity index (χ1) is 6.27. The maximum Gasteiger partial charge on any atom is 0.0113 e. The Hall–Kier alpha value is -0.0800. The normalized spacial score (nSPS) is 46.6. The predicted octanol–water partition coefficient (Wildman–Crippen LogP) is 1.23. The van der Waals surface area contributed by atoms with E-state index in [1.807, 2.05) is 0 Å². The molecule has 0 aliphatic carbocycles. The highest BCUT2D eigenvalue weighted by molar-refractivity contribution is 4.90. The van der Waals surface area contributed by atoms with Gasteiger partial charge in [0.1, 0.15) is 0 Å². The Balaban J connectivity index is 1.91. The Morgan fingerprint density at radius 1 is 1.15 bits per heavy atom. The Bertz CT molecular complexity index is 169. The van der Waals surface area contributed by atoms with E-state index >= 15 is 0 Å². The van der Waals surface area contributed by atoms with Gasteiger partial charge in [-0.2, -0.15) is 0 Å². The molecule has 4 atom stereocenters. The van der Waals surface area contributed by atoms with Crippen LogP contribution in [0.5, 0.6) is 0 Å². The SMILES string of the molecule is C[C@@H]1CNC(C2CNCC[C@@H]2C)C1. The van der Waals surface area contributed by atoms with Crippen molar-refractivity contribution >= 4 is 0 Å². The lowest BCUT2D eigenvalue weighted by atomic mass is 9.81. The van der Waals surface area contributed by atoms with Crippen LogP contribution in [0.1, 0.15) is 26.7 Å². The summed E-state index contributed by atoms with van der Waals surface area (Å²) in [5, 5.41) is 7.18. The molecule has 2 aliphatic heterocycles. The summed E-state index contributed by atoms with van der Waals surface area (Å²) in [6.07, 6.45) is 2.74. The third-order valence-corrected chi connectivity index (χ3v) is 3.79. The number of rotatable bonds is 1. The van der Waals surface area contributed by atoms with Crippen molar-refractivity contribution in [3.05, 3.63) is 0 Å². The van der Waals surface area contributed by atoms with E-state index in [9.17, 15) is 0 Å². The van der Waals surface area contributed by atoms with E-state index < -0.39 is 0 Å². The minimum atomic E-state index is 0.790. The first-order valence-corrected chi connectivity index (χ1v) is 5.71. The quantitative estimate of drug-likeness (QED) is 0.637. The van der Waals surface area contributed by atoms with Crippen molar-refractivity contribution in [3.63, 3.8) is 0 Å². The lowest BCUT2D eigenvalue weighted by Gasteiger charge is -2.34. The standard InChI is InChI=1S/C11H22N2/c1-8-5-11(13-6-8)10-7-12-4-3-9(10)2/h8-13H,3-7H2,1-2H3/t8-,9-,10?,11?/m0/s1. The van der Waals surface area contributed by atoms with Gasteiger partial charge in [0.15, 0.2) is 0 Å². The van der Waals surface area contributed by atoms with E-state index in [2.05, 4.69) is 24.5 Å². The maximum atomic E-state index is 3.67. The fourth-order valence-electron chi connectivity index (χ4n) is 2.83. The molecule has 2 heteroatoms. The van der Waals surface area contributed by atoms with Gasteiger partial charge in [0.25, 0.3) is 0 Å². The second-order valence-electron chi connectivity index (χ2n) is 4.99. The van der Waals surface area contributed by atoms with Crippen molar-refractivity contribution in [2.45, 2.75) is 32.7 Å². The van der Waals surface area contributed by atoms with Gasteiger partial charge in [0, 0.05) is 6.04 Å². The molecule has 2 unspecified atom stereocenters. The molecule has 2 heterocycles. The Morgan fingerprint density at radius 2 is 2.00 bits per heavy atom. The van der Waals surface area contributed by atoms with Gasteiger partial charge in [-0.1, -0.05) is 13.8 Å². The minimum absolute atomic E-state index is 0.790. The third kappa shape index (κ3) is 2.05. The van der Waals surface area contributed by atoms with Crippen LogP contribution in [0.3, 0.4) is 0 Å². The number of piperidine rings is 1. The van der Waals surface area contributed by atoms with E-state index in [1.165, 1.54) is 32.5 Å². The van der Waals surface area contributed by atoms with Gasteiger partial charge >= 0.3 is 0 Å². The molecular formula is C11H22N2. The molecule has 2 fully saturated rings. The van der Waals surface area contributed by atoms with E-state index in [0.717, 1.165) is 23.8 Å². The first kappa shape index (κ1) is 9.47. The first-order valence-electron chi connectivity index (χ1n) is 5.71.